The van der Waals surface area contributed by atoms with Gasteiger partial charge in [0.1, 0.15) is 0 Å². The summed E-state index contributed by atoms with van der Waals surface area (Å²) in [5.74, 6) is -0.810. The Morgan fingerprint density at radius 3 is 2.00 bits per heavy atom. The molecule has 0 aliphatic heterocycles. The Balaban J connectivity index is 1.73. The lowest BCUT2D eigenvalue weighted by Crippen LogP contribution is -2.14. The number of non-ortho nitro benzene ring substituents is 1. The van der Waals surface area contributed by atoms with Crippen LogP contribution < -0.4 is 10.6 Å². The van der Waals surface area contributed by atoms with Crippen LogP contribution in [0.2, 0.25) is 0 Å². The van der Waals surface area contributed by atoms with Gasteiger partial charge in [0.15, 0.2) is 0 Å². The van der Waals surface area contributed by atoms with Crippen LogP contribution in [0.1, 0.15) is 26.3 Å². The molecule has 0 aliphatic rings. The van der Waals surface area contributed by atoms with Gasteiger partial charge in [0.05, 0.1) is 4.92 Å². The van der Waals surface area contributed by atoms with Crippen molar-refractivity contribution in [3.8, 4) is 0 Å². The van der Waals surface area contributed by atoms with Crippen LogP contribution in [-0.2, 0) is 0 Å². The number of nitrogens with zero attached hydrogens (tertiary/aromatic N) is 1. The number of amides is 2. The highest BCUT2D eigenvalue weighted by Crippen LogP contribution is 2.17. The summed E-state index contributed by atoms with van der Waals surface area (Å²) in [7, 11) is 0. The molecule has 0 bridgehead atoms. The Morgan fingerprint density at radius 1 is 0.786 bits per heavy atom. The van der Waals surface area contributed by atoms with Gasteiger partial charge in [-0.15, -0.1) is 0 Å². The number of rotatable bonds is 5. The summed E-state index contributed by atoms with van der Waals surface area (Å²) in [6, 6.07) is 19.3. The average molecular weight is 375 g/mol. The second-order valence-electron chi connectivity index (χ2n) is 6.16. The van der Waals surface area contributed by atoms with Gasteiger partial charge >= 0.3 is 0 Å². The van der Waals surface area contributed by atoms with E-state index in [9.17, 15) is 19.7 Å². The van der Waals surface area contributed by atoms with Gasteiger partial charge in [0, 0.05) is 34.6 Å². The summed E-state index contributed by atoms with van der Waals surface area (Å²) in [5, 5.41) is 16.3. The number of nitro benzene ring substituents is 1. The number of hydrogen-bond acceptors (Lipinski definition) is 4. The normalized spacial score (nSPS) is 10.2. The van der Waals surface area contributed by atoms with E-state index in [0.29, 0.717) is 16.9 Å². The van der Waals surface area contributed by atoms with Crippen molar-refractivity contribution in [3.05, 3.63) is 99.6 Å². The van der Waals surface area contributed by atoms with Crippen molar-refractivity contribution in [2.45, 2.75) is 6.92 Å². The van der Waals surface area contributed by atoms with Crippen LogP contribution in [-0.4, -0.2) is 16.7 Å². The predicted octanol–water partition coefficient (Wildman–Crippen LogP) is 4.41. The Bertz CT molecular complexity index is 1050. The lowest BCUT2D eigenvalue weighted by Gasteiger charge is -2.09. The van der Waals surface area contributed by atoms with Gasteiger partial charge in [-0.3, -0.25) is 19.7 Å². The van der Waals surface area contributed by atoms with Crippen LogP contribution in [0.3, 0.4) is 0 Å². The molecule has 0 saturated heterocycles. The summed E-state index contributed by atoms with van der Waals surface area (Å²) in [6.45, 7) is 1.96. The molecule has 0 radical (unpaired) electrons. The second kappa shape index (κ2) is 8.13. The number of nitrogens with one attached hydrogen (secondary N) is 2. The first kappa shape index (κ1) is 18.8. The first-order chi connectivity index (χ1) is 13.4. The number of nitro groups is 1. The van der Waals surface area contributed by atoms with E-state index >= 15 is 0 Å². The van der Waals surface area contributed by atoms with Gasteiger partial charge in [-0.2, -0.15) is 0 Å². The fraction of sp³-hybridized carbons (Fsp3) is 0.0476. The Hall–Kier alpha value is -4.00. The Kier molecular flexibility index (Phi) is 5.45. The van der Waals surface area contributed by atoms with Gasteiger partial charge in [0.2, 0.25) is 0 Å². The molecule has 0 aliphatic carbocycles. The molecule has 2 N–H and O–H groups in total. The predicted molar refractivity (Wildman–Crippen MR) is 107 cm³/mol. The number of hydrogen-bond donors (Lipinski definition) is 2. The van der Waals surface area contributed by atoms with Crippen molar-refractivity contribution in [2.24, 2.45) is 0 Å². The van der Waals surface area contributed by atoms with E-state index in [4.69, 9.17) is 0 Å². The molecule has 0 heterocycles. The van der Waals surface area contributed by atoms with Crippen molar-refractivity contribution in [2.75, 3.05) is 10.6 Å². The van der Waals surface area contributed by atoms with Crippen molar-refractivity contribution in [1.29, 1.82) is 0 Å². The summed E-state index contributed by atoms with van der Waals surface area (Å²) in [6.07, 6.45) is 0. The lowest BCUT2D eigenvalue weighted by molar-refractivity contribution is -0.384. The highest BCUT2D eigenvalue weighted by atomic mass is 16.6. The second-order valence-corrected chi connectivity index (χ2v) is 6.16. The summed E-state index contributed by atoms with van der Waals surface area (Å²) < 4.78 is 0. The molecular weight excluding hydrogens is 358 g/mol. The summed E-state index contributed by atoms with van der Waals surface area (Å²) in [5.41, 5.74) is 2.53. The van der Waals surface area contributed by atoms with E-state index < -0.39 is 10.8 Å². The van der Waals surface area contributed by atoms with Gasteiger partial charge in [0.25, 0.3) is 17.5 Å². The molecule has 28 heavy (non-hydrogen) atoms. The fourth-order valence-corrected chi connectivity index (χ4v) is 2.54. The molecule has 3 rings (SSSR count). The third-order valence-corrected chi connectivity index (χ3v) is 4.01. The standard InChI is InChI=1S/C21H17N3O4/c1-14-8-10-17(11-9-14)22-20(25)15-4-2-6-18(12-15)23-21(26)16-5-3-7-19(13-16)24(27)28/h2-13H,1H3,(H,22,25)(H,23,26). The third-order valence-electron chi connectivity index (χ3n) is 4.01. The van der Waals surface area contributed by atoms with Crippen molar-refractivity contribution >= 4 is 28.9 Å². The van der Waals surface area contributed by atoms with Crippen molar-refractivity contribution < 1.29 is 14.5 Å². The van der Waals surface area contributed by atoms with Gasteiger partial charge < -0.3 is 10.6 Å². The maximum atomic E-state index is 12.4. The van der Waals surface area contributed by atoms with Gasteiger partial charge in [-0.25, -0.2) is 0 Å². The summed E-state index contributed by atoms with van der Waals surface area (Å²) in [4.78, 5) is 35.1. The maximum absolute atomic E-state index is 12.4. The minimum atomic E-state index is -0.563. The maximum Gasteiger partial charge on any atom is 0.270 e. The van der Waals surface area contributed by atoms with Crippen molar-refractivity contribution in [3.63, 3.8) is 0 Å². The zero-order chi connectivity index (χ0) is 20.1. The van der Waals surface area contributed by atoms with Crippen LogP contribution in [0, 0.1) is 17.0 Å². The number of benzene rings is 3. The molecule has 140 valence electrons. The quantitative estimate of drug-likeness (QED) is 0.509. The SMILES string of the molecule is Cc1ccc(NC(=O)c2cccc(NC(=O)c3cccc([N+](=O)[O-])c3)c2)cc1. The third kappa shape index (κ3) is 4.59. The largest absolute Gasteiger partial charge is 0.322 e. The number of aryl methyl sites for hydroxylation is 1. The smallest absolute Gasteiger partial charge is 0.270 e. The monoisotopic (exact) mass is 375 g/mol. The van der Waals surface area contributed by atoms with Crippen LogP contribution in [0.4, 0.5) is 17.1 Å². The van der Waals surface area contributed by atoms with Crippen LogP contribution in [0.25, 0.3) is 0 Å². The molecule has 7 nitrogen and oxygen atoms in total. The topological polar surface area (TPSA) is 101 Å². The van der Waals surface area contributed by atoms with E-state index in [1.165, 1.54) is 24.3 Å². The van der Waals surface area contributed by atoms with Gasteiger partial charge in [-0.05, 0) is 43.3 Å². The first-order valence-corrected chi connectivity index (χ1v) is 8.46. The van der Waals surface area contributed by atoms with E-state index in [1.54, 1.807) is 36.4 Å². The van der Waals surface area contributed by atoms with E-state index in [2.05, 4.69) is 10.6 Å². The molecular formula is C21H17N3O4. The number of anilines is 2. The highest BCUT2D eigenvalue weighted by molar-refractivity contribution is 6.07. The molecule has 0 saturated carbocycles. The fourth-order valence-electron chi connectivity index (χ4n) is 2.54. The molecule has 0 aromatic heterocycles. The number of carbonyl (C=O) groups is 2. The Labute approximate surface area is 161 Å². The molecule has 0 unspecified atom stereocenters. The number of carbonyl (C=O) groups excluding carboxylic acids is 2. The van der Waals surface area contributed by atoms with Crippen LogP contribution in [0.15, 0.2) is 72.8 Å². The minimum Gasteiger partial charge on any atom is -0.322 e. The molecule has 3 aromatic rings. The molecule has 0 fully saturated rings. The van der Waals surface area contributed by atoms with Crippen LogP contribution >= 0.6 is 0 Å². The van der Waals surface area contributed by atoms with E-state index in [-0.39, 0.29) is 17.2 Å². The zero-order valence-electron chi connectivity index (χ0n) is 15.0. The van der Waals surface area contributed by atoms with E-state index in [1.807, 2.05) is 19.1 Å². The first-order valence-electron chi connectivity index (χ1n) is 8.46. The minimum absolute atomic E-state index is 0.156. The Morgan fingerprint density at radius 2 is 1.36 bits per heavy atom. The van der Waals surface area contributed by atoms with Gasteiger partial charge in [-0.1, -0.05) is 29.8 Å². The average Bonchev–Trinajstić information content (AvgIpc) is 2.70. The zero-order valence-corrected chi connectivity index (χ0v) is 15.0. The molecule has 0 atom stereocenters. The highest BCUT2D eigenvalue weighted by Gasteiger charge is 2.13. The van der Waals surface area contributed by atoms with E-state index in [0.717, 1.165) is 5.56 Å². The summed E-state index contributed by atoms with van der Waals surface area (Å²) >= 11 is 0. The van der Waals surface area contributed by atoms with Crippen molar-refractivity contribution in [1.82, 2.24) is 0 Å². The lowest BCUT2D eigenvalue weighted by atomic mass is 10.1. The molecule has 0 spiro atoms. The molecule has 3 aromatic carbocycles. The van der Waals surface area contributed by atoms with Crippen LogP contribution in [0.5, 0.6) is 0 Å². The molecule has 2 amide bonds. The molecule has 7 heteroatoms.